The third-order valence-corrected chi connectivity index (χ3v) is 16.5. The monoisotopic (exact) mass is 719 g/mol. The summed E-state index contributed by atoms with van der Waals surface area (Å²) in [6.07, 6.45) is 4.41. The summed E-state index contributed by atoms with van der Waals surface area (Å²) in [4.78, 5) is 27.5. The quantitative estimate of drug-likeness (QED) is 0.136. The number of esters is 1. The van der Waals surface area contributed by atoms with E-state index in [0.717, 1.165) is 0 Å². The fourth-order valence-electron chi connectivity index (χ4n) is 9.53. The summed E-state index contributed by atoms with van der Waals surface area (Å²) >= 11 is 0. The molecule has 1 aromatic heterocycles. The number of fused-ring (bicyclic) bond motifs is 4. The number of benzene rings is 1. The summed E-state index contributed by atoms with van der Waals surface area (Å²) in [5, 5.41) is 20.3. The van der Waals surface area contributed by atoms with Crippen molar-refractivity contribution in [1.29, 1.82) is 5.26 Å². The molecule has 8 nitrogen and oxygen atoms in total. The third-order valence-electron chi connectivity index (χ3n) is 12.0. The fourth-order valence-corrected chi connectivity index (χ4v) is 13.2. The van der Waals surface area contributed by atoms with Gasteiger partial charge in [-0.15, -0.1) is 0 Å². The topological polar surface area (TPSA) is 119 Å². The van der Waals surface area contributed by atoms with E-state index in [4.69, 9.17) is 18.3 Å². The average Bonchev–Trinajstić information content (AvgIpc) is 3.04. The Kier molecular flexibility index (Phi) is 10.2. The number of aliphatic hydroxyl groups excluding tert-OH is 1. The number of rotatable bonds is 6. The van der Waals surface area contributed by atoms with Crippen LogP contribution in [0.2, 0.25) is 10.1 Å². The maximum Gasteiger partial charge on any atom is 0.394 e. The second kappa shape index (κ2) is 13.5. The summed E-state index contributed by atoms with van der Waals surface area (Å²) in [5.74, 6) is -1.18. The standard InChI is InChI=1S/C41H54FNO7Si/c1-12-14-26(13-2)30-22-31-33(37(46)47-30)34(44)35-40(10)20-19-29(50-51(42,38(4,5)6)39(7,8)9)24(3)28(40)21-32(41(35,11)49-31)48-36(45)27-17-15-25(23-43)16-18-27/h12-18,22,24,28-29,32,34-35,44H,19-21H2,1-11H3/b14-12-,26-13+/t24?,28?,29?,32?,34-,35?,40?,41?/m0/s1. The lowest BCUT2D eigenvalue weighted by Crippen LogP contribution is -2.69. The molecule has 2 fully saturated rings. The molecule has 0 spiro atoms. The van der Waals surface area contributed by atoms with E-state index < -0.39 is 65.6 Å². The van der Waals surface area contributed by atoms with E-state index in [0.29, 0.717) is 36.2 Å². The first-order valence-corrected chi connectivity index (χ1v) is 19.9. The van der Waals surface area contributed by atoms with Crippen molar-refractivity contribution in [3.05, 3.63) is 81.4 Å². The molecule has 51 heavy (non-hydrogen) atoms. The van der Waals surface area contributed by atoms with E-state index in [1.807, 2.05) is 80.5 Å². The zero-order valence-electron chi connectivity index (χ0n) is 31.9. The van der Waals surface area contributed by atoms with Gasteiger partial charge in [0.1, 0.15) is 28.8 Å². The zero-order valence-corrected chi connectivity index (χ0v) is 32.9. The molecule has 0 bridgehead atoms. The SMILES string of the molecule is C/C=C\C(=C/C)c1cc2c(c(=O)o1)[C@H](O)C1C3(C)CCC(O[Si](F)(C(C)(C)C)C(C)(C)C)C(C)C3CC(OC(=O)c3ccc(C#N)cc3)C1(C)O2. The molecule has 2 heterocycles. The first kappa shape index (κ1) is 38.7. The minimum atomic E-state index is -3.85. The van der Waals surface area contributed by atoms with Crippen molar-refractivity contribution >= 4 is 20.2 Å². The van der Waals surface area contributed by atoms with E-state index in [2.05, 4.69) is 19.9 Å². The van der Waals surface area contributed by atoms with Gasteiger partial charge in [-0.1, -0.05) is 73.6 Å². The Balaban J connectivity index is 1.62. The third kappa shape index (κ3) is 6.44. The summed E-state index contributed by atoms with van der Waals surface area (Å²) in [6.45, 7) is 21.2. The molecule has 8 atom stereocenters. The van der Waals surface area contributed by atoms with Gasteiger partial charge in [-0.05, 0) is 81.5 Å². The van der Waals surface area contributed by atoms with Gasteiger partial charge in [0.2, 0.25) is 0 Å². The van der Waals surface area contributed by atoms with E-state index in [-0.39, 0.29) is 28.7 Å². The molecule has 0 amide bonds. The Hall–Kier alpha value is -3.52. The van der Waals surface area contributed by atoms with Crippen molar-refractivity contribution in [3.63, 3.8) is 0 Å². The summed E-state index contributed by atoms with van der Waals surface area (Å²) in [6, 6.07) is 9.91. The number of nitrogens with zero attached hydrogens (tertiary/aromatic N) is 1. The van der Waals surface area contributed by atoms with Gasteiger partial charge in [0.25, 0.3) is 0 Å². The van der Waals surface area contributed by atoms with Crippen LogP contribution >= 0.6 is 0 Å². The smallest absolute Gasteiger partial charge is 0.394 e. The van der Waals surface area contributed by atoms with Crippen LogP contribution in [0.25, 0.3) is 5.57 Å². The Morgan fingerprint density at radius 2 is 1.75 bits per heavy atom. The van der Waals surface area contributed by atoms with Crippen molar-refractivity contribution in [1.82, 2.24) is 0 Å². The molecule has 2 aromatic rings. The van der Waals surface area contributed by atoms with Gasteiger partial charge in [-0.3, -0.25) is 4.11 Å². The van der Waals surface area contributed by atoms with Gasteiger partial charge in [0, 0.05) is 27.6 Å². The number of nitriles is 1. The number of aliphatic hydroxyl groups is 1. The normalized spacial score (nSPS) is 31.2. The molecule has 2 aliphatic carbocycles. The first-order valence-electron chi connectivity index (χ1n) is 18.1. The Bertz CT molecular complexity index is 1800. The molecule has 0 radical (unpaired) electrons. The van der Waals surface area contributed by atoms with Crippen LogP contribution in [0.15, 0.2) is 57.8 Å². The maximum atomic E-state index is 17.3. The van der Waals surface area contributed by atoms with Crippen LogP contribution in [0.4, 0.5) is 4.11 Å². The van der Waals surface area contributed by atoms with Crippen LogP contribution in [-0.2, 0) is 9.16 Å². The van der Waals surface area contributed by atoms with Crippen LogP contribution in [0.3, 0.4) is 0 Å². The van der Waals surface area contributed by atoms with E-state index in [1.54, 1.807) is 30.3 Å². The van der Waals surface area contributed by atoms with Crippen molar-refractivity contribution in [2.75, 3.05) is 0 Å². The lowest BCUT2D eigenvalue weighted by atomic mass is 9.46. The molecule has 1 N–H and O–H groups in total. The molecule has 3 aliphatic rings. The van der Waals surface area contributed by atoms with Gasteiger partial charge in [-0.25, -0.2) is 9.59 Å². The summed E-state index contributed by atoms with van der Waals surface area (Å²) < 4.78 is 42.9. The van der Waals surface area contributed by atoms with Gasteiger partial charge in [0.15, 0.2) is 0 Å². The van der Waals surface area contributed by atoms with Crippen molar-refractivity contribution < 1.29 is 32.3 Å². The van der Waals surface area contributed by atoms with Crippen LogP contribution in [0.5, 0.6) is 5.75 Å². The zero-order chi connectivity index (χ0) is 37.9. The van der Waals surface area contributed by atoms with E-state index in [9.17, 15) is 20.0 Å². The molecule has 10 heteroatoms. The fraction of sp³-hybridized carbons (Fsp3) is 0.585. The van der Waals surface area contributed by atoms with Crippen LogP contribution in [0, 0.1) is 34.5 Å². The second-order valence-electron chi connectivity index (χ2n) is 17.2. The number of carbonyl (C=O) groups is 1. The number of ether oxygens (including phenoxy) is 2. The van der Waals surface area contributed by atoms with Gasteiger partial charge in [-0.2, -0.15) is 5.26 Å². The Morgan fingerprint density at radius 1 is 1.12 bits per heavy atom. The highest BCUT2D eigenvalue weighted by molar-refractivity contribution is 6.72. The molecule has 276 valence electrons. The van der Waals surface area contributed by atoms with Crippen LogP contribution in [0.1, 0.15) is 129 Å². The number of allylic oxidation sites excluding steroid dienone is 4. The second-order valence-corrected chi connectivity index (χ2v) is 21.6. The summed E-state index contributed by atoms with van der Waals surface area (Å²) in [7, 11) is -3.85. The molecular weight excluding hydrogens is 666 g/mol. The Morgan fingerprint density at radius 3 is 2.29 bits per heavy atom. The predicted octanol–water partition coefficient (Wildman–Crippen LogP) is 9.37. The largest absolute Gasteiger partial charge is 0.482 e. The number of carbonyl (C=O) groups excluding carboxylic acids is 1. The lowest BCUT2D eigenvalue weighted by molar-refractivity contribution is -0.241. The molecule has 1 aromatic carbocycles. The van der Waals surface area contributed by atoms with Gasteiger partial charge in [0.05, 0.1) is 29.4 Å². The van der Waals surface area contributed by atoms with E-state index >= 15 is 4.11 Å². The first-order chi connectivity index (χ1) is 23.7. The molecule has 1 aliphatic heterocycles. The molecule has 5 rings (SSSR count). The van der Waals surface area contributed by atoms with Gasteiger partial charge >= 0.3 is 20.2 Å². The minimum absolute atomic E-state index is 0.0397. The lowest BCUT2D eigenvalue weighted by Gasteiger charge is -2.64. The molecule has 0 saturated heterocycles. The van der Waals surface area contributed by atoms with Crippen LogP contribution in [-0.4, -0.2) is 37.5 Å². The summed E-state index contributed by atoms with van der Waals surface area (Å²) in [5.41, 5.74) is -1.17. The molecule has 7 unspecified atom stereocenters. The van der Waals surface area contributed by atoms with Gasteiger partial charge < -0.3 is 23.4 Å². The van der Waals surface area contributed by atoms with Crippen LogP contribution < -0.4 is 10.4 Å². The van der Waals surface area contributed by atoms with Crippen molar-refractivity contribution in [2.45, 2.75) is 129 Å². The number of halogens is 1. The van der Waals surface area contributed by atoms with E-state index in [1.165, 1.54) is 0 Å². The predicted molar refractivity (Wildman–Crippen MR) is 197 cm³/mol. The highest BCUT2D eigenvalue weighted by atomic mass is 28.4. The highest BCUT2D eigenvalue weighted by Crippen LogP contribution is 2.65. The number of hydrogen-bond acceptors (Lipinski definition) is 8. The van der Waals surface area contributed by atoms with Crippen molar-refractivity contribution in [2.24, 2.45) is 23.2 Å². The number of hydrogen-bond donors (Lipinski definition) is 1. The average molecular weight is 720 g/mol. The molecular formula is C41H54FNO7Si. The maximum absolute atomic E-state index is 17.3. The van der Waals surface area contributed by atoms with Crippen molar-refractivity contribution in [3.8, 4) is 11.8 Å². The minimum Gasteiger partial charge on any atom is -0.482 e. The molecule has 2 saturated carbocycles. The Labute approximate surface area is 303 Å². The highest BCUT2D eigenvalue weighted by Gasteiger charge is 2.69.